The van der Waals surface area contributed by atoms with Gasteiger partial charge in [-0.25, -0.2) is 4.99 Å². The number of ether oxygens (including phenoxy) is 1. The molecule has 0 aliphatic heterocycles. The zero-order chi connectivity index (χ0) is 19.2. The maximum Gasteiger partial charge on any atom is 0.573 e. The molecule has 0 fully saturated rings. The molecule has 2 aromatic carbocycles. The summed E-state index contributed by atoms with van der Waals surface area (Å²) in [5, 5.41) is 13.4. The Bertz CT molecular complexity index is 775. The van der Waals surface area contributed by atoms with Crippen molar-refractivity contribution in [3.63, 3.8) is 0 Å². The van der Waals surface area contributed by atoms with Crippen molar-refractivity contribution in [3.8, 4) is 5.75 Å². The standard InChI is InChI=1S/C16H15F3N4O3/c17-16(18,19)26-14-7-3-12(4-8-14)10-22-15(20)21-9-11-1-5-13(6-2-11)23(24)25/h1-8H,9-10H2,(H3,20,21,22). The summed E-state index contributed by atoms with van der Waals surface area (Å²) in [6.07, 6.45) is -4.73. The molecule has 0 bridgehead atoms. The highest BCUT2D eigenvalue weighted by Gasteiger charge is 2.30. The van der Waals surface area contributed by atoms with Gasteiger partial charge in [-0.05, 0) is 23.3 Å². The third-order valence-electron chi connectivity index (χ3n) is 3.21. The third-order valence-corrected chi connectivity index (χ3v) is 3.21. The number of hydrogen-bond donors (Lipinski definition) is 2. The molecule has 0 saturated carbocycles. The van der Waals surface area contributed by atoms with Crippen molar-refractivity contribution in [3.05, 3.63) is 69.8 Å². The Morgan fingerprint density at radius 3 is 2.23 bits per heavy atom. The maximum atomic E-state index is 12.1. The van der Waals surface area contributed by atoms with Gasteiger partial charge < -0.3 is 15.8 Å². The van der Waals surface area contributed by atoms with E-state index in [1.165, 1.54) is 36.4 Å². The molecule has 26 heavy (non-hydrogen) atoms. The van der Waals surface area contributed by atoms with E-state index in [1.54, 1.807) is 12.1 Å². The van der Waals surface area contributed by atoms with Gasteiger partial charge in [-0.3, -0.25) is 10.1 Å². The first-order valence-corrected chi connectivity index (χ1v) is 7.35. The molecule has 0 aliphatic carbocycles. The van der Waals surface area contributed by atoms with E-state index in [0.717, 1.165) is 5.56 Å². The SMILES string of the molecule is NC(=NCc1ccc(OC(F)(F)F)cc1)NCc1ccc([N+](=O)[O-])cc1. The van der Waals surface area contributed by atoms with E-state index in [1.807, 2.05) is 0 Å². The Morgan fingerprint density at radius 1 is 1.12 bits per heavy atom. The minimum atomic E-state index is -4.73. The normalized spacial score (nSPS) is 11.9. The molecule has 3 N–H and O–H groups in total. The lowest BCUT2D eigenvalue weighted by Crippen LogP contribution is -2.31. The highest BCUT2D eigenvalue weighted by atomic mass is 19.4. The summed E-state index contributed by atoms with van der Waals surface area (Å²) >= 11 is 0. The molecule has 138 valence electrons. The zero-order valence-electron chi connectivity index (χ0n) is 13.4. The Kier molecular flexibility index (Phi) is 5.99. The highest BCUT2D eigenvalue weighted by Crippen LogP contribution is 2.22. The topological polar surface area (TPSA) is 103 Å². The first-order valence-electron chi connectivity index (χ1n) is 7.35. The van der Waals surface area contributed by atoms with Crippen LogP contribution in [0.5, 0.6) is 5.75 Å². The largest absolute Gasteiger partial charge is 0.573 e. The molecule has 10 heteroatoms. The number of nitrogens with zero attached hydrogens (tertiary/aromatic N) is 2. The second-order valence-corrected chi connectivity index (χ2v) is 5.17. The molecule has 0 saturated heterocycles. The first kappa shape index (κ1) is 19.0. The number of nitrogens with one attached hydrogen (secondary N) is 1. The predicted octanol–water partition coefficient (Wildman–Crippen LogP) is 3.10. The van der Waals surface area contributed by atoms with Crippen LogP contribution < -0.4 is 15.8 Å². The second kappa shape index (κ2) is 8.19. The summed E-state index contributed by atoms with van der Waals surface area (Å²) in [7, 11) is 0. The number of aliphatic imine (C=N–C) groups is 1. The Labute approximate surface area is 146 Å². The quantitative estimate of drug-likeness (QED) is 0.353. The van der Waals surface area contributed by atoms with Crippen molar-refractivity contribution >= 4 is 11.6 Å². The van der Waals surface area contributed by atoms with Crippen molar-refractivity contribution < 1.29 is 22.8 Å². The first-order chi connectivity index (χ1) is 12.2. The lowest BCUT2D eigenvalue weighted by molar-refractivity contribution is -0.384. The molecule has 0 atom stereocenters. The fraction of sp³-hybridized carbons (Fsp3) is 0.188. The predicted molar refractivity (Wildman–Crippen MR) is 88.4 cm³/mol. The van der Waals surface area contributed by atoms with Crippen molar-refractivity contribution in [2.75, 3.05) is 0 Å². The van der Waals surface area contributed by atoms with E-state index in [9.17, 15) is 23.3 Å². The smallest absolute Gasteiger partial charge is 0.406 e. The number of nitro groups is 1. The Morgan fingerprint density at radius 2 is 1.69 bits per heavy atom. The Balaban J connectivity index is 1.85. The van der Waals surface area contributed by atoms with Crippen LogP contribution in [0.3, 0.4) is 0 Å². The molecule has 0 radical (unpaired) electrons. The van der Waals surface area contributed by atoms with Crippen molar-refractivity contribution in [2.24, 2.45) is 10.7 Å². The van der Waals surface area contributed by atoms with E-state index < -0.39 is 11.3 Å². The molecular weight excluding hydrogens is 353 g/mol. The minimum Gasteiger partial charge on any atom is -0.406 e. The van der Waals surface area contributed by atoms with Crippen LogP contribution in [-0.4, -0.2) is 17.2 Å². The van der Waals surface area contributed by atoms with E-state index in [4.69, 9.17) is 5.73 Å². The number of hydrogen-bond acceptors (Lipinski definition) is 4. The molecule has 2 aromatic rings. The number of halogens is 3. The summed E-state index contributed by atoms with van der Waals surface area (Å²) in [6.45, 7) is 0.497. The second-order valence-electron chi connectivity index (χ2n) is 5.17. The average Bonchev–Trinajstić information content (AvgIpc) is 2.58. The van der Waals surface area contributed by atoms with Crippen LogP contribution in [0.15, 0.2) is 53.5 Å². The third kappa shape index (κ3) is 6.30. The lowest BCUT2D eigenvalue weighted by Gasteiger charge is -2.09. The number of guanidine groups is 1. The van der Waals surface area contributed by atoms with Gasteiger partial charge in [0, 0.05) is 18.7 Å². The molecule has 7 nitrogen and oxygen atoms in total. The number of alkyl halides is 3. The number of benzene rings is 2. The van der Waals surface area contributed by atoms with E-state index >= 15 is 0 Å². The molecule has 0 heterocycles. The maximum absolute atomic E-state index is 12.1. The fourth-order valence-electron chi connectivity index (χ4n) is 1.96. The lowest BCUT2D eigenvalue weighted by atomic mass is 10.2. The number of rotatable bonds is 6. The summed E-state index contributed by atoms with van der Waals surface area (Å²) < 4.78 is 40.0. The summed E-state index contributed by atoms with van der Waals surface area (Å²) in [5.74, 6) is -0.173. The number of non-ortho nitro benzene ring substituents is 1. The van der Waals surface area contributed by atoms with Crippen molar-refractivity contribution in [2.45, 2.75) is 19.5 Å². The minimum absolute atomic E-state index is 0.00617. The summed E-state index contributed by atoms with van der Waals surface area (Å²) in [5.41, 5.74) is 7.14. The van der Waals surface area contributed by atoms with E-state index in [2.05, 4.69) is 15.0 Å². The molecule has 0 spiro atoms. The number of nitro benzene ring substituents is 1. The molecule has 0 unspecified atom stereocenters. The van der Waals surface area contributed by atoms with Crippen molar-refractivity contribution in [1.82, 2.24) is 5.32 Å². The van der Waals surface area contributed by atoms with Gasteiger partial charge in [0.25, 0.3) is 5.69 Å². The summed E-state index contributed by atoms with van der Waals surface area (Å²) in [6, 6.07) is 11.2. The summed E-state index contributed by atoms with van der Waals surface area (Å²) in [4.78, 5) is 14.2. The average molecular weight is 368 g/mol. The van der Waals surface area contributed by atoms with Gasteiger partial charge >= 0.3 is 6.36 Å². The van der Waals surface area contributed by atoms with Crippen LogP contribution in [0.4, 0.5) is 18.9 Å². The zero-order valence-corrected chi connectivity index (χ0v) is 13.4. The van der Waals surface area contributed by atoms with Gasteiger partial charge in [0.05, 0.1) is 11.5 Å². The molecular formula is C16H15F3N4O3. The van der Waals surface area contributed by atoms with Crippen LogP contribution >= 0.6 is 0 Å². The van der Waals surface area contributed by atoms with Gasteiger partial charge in [-0.2, -0.15) is 0 Å². The molecule has 0 aromatic heterocycles. The van der Waals surface area contributed by atoms with Gasteiger partial charge in [0.1, 0.15) is 5.75 Å². The highest BCUT2D eigenvalue weighted by molar-refractivity contribution is 5.77. The van der Waals surface area contributed by atoms with Crippen LogP contribution in [0.25, 0.3) is 0 Å². The monoisotopic (exact) mass is 368 g/mol. The van der Waals surface area contributed by atoms with Gasteiger partial charge in [-0.1, -0.05) is 24.3 Å². The Hall–Kier alpha value is -3.30. The molecule has 2 rings (SSSR count). The van der Waals surface area contributed by atoms with E-state index in [0.29, 0.717) is 12.1 Å². The van der Waals surface area contributed by atoms with Crippen LogP contribution in [0.1, 0.15) is 11.1 Å². The number of nitrogens with two attached hydrogens (primary N) is 1. The van der Waals surface area contributed by atoms with Crippen LogP contribution in [-0.2, 0) is 13.1 Å². The van der Waals surface area contributed by atoms with Crippen LogP contribution in [0, 0.1) is 10.1 Å². The van der Waals surface area contributed by atoms with Crippen molar-refractivity contribution in [1.29, 1.82) is 0 Å². The fourth-order valence-corrected chi connectivity index (χ4v) is 1.96. The molecule has 0 amide bonds. The van der Waals surface area contributed by atoms with Gasteiger partial charge in [-0.15, -0.1) is 13.2 Å². The van der Waals surface area contributed by atoms with Gasteiger partial charge in [0.15, 0.2) is 5.96 Å². The van der Waals surface area contributed by atoms with E-state index in [-0.39, 0.29) is 23.9 Å². The molecule has 0 aliphatic rings. The van der Waals surface area contributed by atoms with Crippen LogP contribution in [0.2, 0.25) is 0 Å². The van der Waals surface area contributed by atoms with Gasteiger partial charge in [0.2, 0.25) is 0 Å².